The zero-order chi connectivity index (χ0) is 21.9. The van der Waals surface area contributed by atoms with E-state index in [1.165, 1.54) is 0 Å². The number of rotatable bonds is 8. The van der Waals surface area contributed by atoms with Gasteiger partial charge >= 0.3 is 12.0 Å². The van der Waals surface area contributed by atoms with Gasteiger partial charge in [0.25, 0.3) is 11.8 Å². The van der Waals surface area contributed by atoms with Crippen molar-refractivity contribution in [1.29, 1.82) is 0 Å². The molecular formula is C21H29N3O6. The van der Waals surface area contributed by atoms with E-state index in [1.807, 2.05) is 6.92 Å². The van der Waals surface area contributed by atoms with Gasteiger partial charge in [0.15, 0.2) is 6.61 Å². The summed E-state index contributed by atoms with van der Waals surface area (Å²) in [7, 11) is 0. The Labute approximate surface area is 175 Å². The van der Waals surface area contributed by atoms with Gasteiger partial charge in [-0.1, -0.05) is 19.8 Å². The topological polar surface area (TPSA) is 123 Å². The molecule has 1 saturated carbocycles. The Bertz CT molecular complexity index is 750. The van der Waals surface area contributed by atoms with Gasteiger partial charge in [-0.05, 0) is 49.9 Å². The zero-order valence-corrected chi connectivity index (χ0v) is 17.4. The Kier molecular flexibility index (Phi) is 9.11. The minimum atomic E-state index is -0.786. The Morgan fingerprint density at radius 1 is 1.07 bits per heavy atom. The Balaban J connectivity index is 1.65. The molecule has 164 valence electrons. The fourth-order valence-corrected chi connectivity index (χ4v) is 3.22. The Morgan fingerprint density at radius 2 is 1.77 bits per heavy atom. The van der Waals surface area contributed by atoms with Crippen LogP contribution in [-0.4, -0.2) is 49.6 Å². The van der Waals surface area contributed by atoms with Crippen LogP contribution in [0.4, 0.5) is 4.79 Å². The Morgan fingerprint density at radius 3 is 2.43 bits per heavy atom. The molecule has 0 heterocycles. The van der Waals surface area contributed by atoms with Crippen molar-refractivity contribution in [2.45, 2.75) is 45.6 Å². The smallest absolute Gasteiger partial charge is 0.325 e. The van der Waals surface area contributed by atoms with Gasteiger partial charge in [-0.15, -0.1) is 0 Å². The van der Waals surface area contributed by atoms with Crippen LogP contribution in [0.1, 0.15) is 49.9 Å². The van der Waals surface area contributed by atoms with Crippen molar-refractivity contribution < 1.29 is 28.7 Å². The first kappa shape index (κ1) is 23.2. The minimum Gasteiger partial charge on any atom is -0.494 e. The van der Waals surface area contributed by atoms with Gasteiger partial charge in [0.2, 0.25) is 0 Å². The van der Waals surface area contributed by atoms with Gasteiger partial charge in [0, 0.05) is 11.6 Å². The van der Waals surface area contributed by atoms with Crippen molar-refractivity contribution in [1.82, 2.24) is 16.0 Å². The third-order valence-corrected chi connectivity index (χ3v) is 4.87. The molecule has 1 aromatic carbocycles. The predicted octanol–water partition coefficient (Wildman–Crippen LogP) is 1.76. The molecule has 0 radical (unpaired) electrons. The number of carbonyl (C=O) groups excluding carboxylic acids is 4. The minimum absolute atomic E-state index is 0.0342. The molecule has 3 N–H and O–H groups in total. The second-order valence-corrected chi connectivity index (χ2v) is 7.19. The van der Waals surface area contributed by atoms with Gasteiger partial charge in [-0.2, -0.15) is 0 Å². The lowest BCUT2D eigenvalue weighted by Gasteiger charge is -2.29. The number of hydrogen-bond acceptors (Lipinski definition) is 6. The number of amides is 4. The van der Waals surface area contributed by atoms with Gasteiger partial charge in [-0.3, -0.25) is 19.7 Å². The molecule has 2 atom stereocenters. The van der Waals surface area contributed by atoms with E-state index in [9.17, 15) is 19.2 Å². The number of hydrogen-bond donors (Lipinski definition) is 3. The average molecular weight is 419 g/mol. The standard InChI is InChI=1S/C21H29N3O6/c1-3-29-16-10-8-15(9-11-16)20(27)22-12-19(26)30-13-18(25)24-21(28)23-17-7-5-4-6-14(17)2/h8-11,14,17H,3-7,12-13H2,1-2H3,(H,22,27)(H2,23,24,25,28). The van der Waals surface area contributed by atoms with Crippen LogP contribution in [0.3, 0.4) is 0 Å². The molecule has 1 aliphatic rings. The molecule has 1 fully saturated rings. The van der Waals surface area contributed by atoms with Crippen LogP contribution in [0.5, 0.6) is 5.75 Å². The van der Waals surface area contributed by atoms with Crippen molar-refractivity contribution in [3.8, 4) is 5.75 Å². The van der Waals surface area contributed by atoms with Crippen LogP contribution in [0, 0.1) is 5.92 Å². The van der Waals surface area contributed by atoms with Crippen molar-refractivity contribution in [2.75, 3.05) is 19.8 Å². The fourth-order valence-electron chi connectivity index (χ4n) is 3.22. The quantitative estimate of drug-likeness (QED) is 0.552. The highest BCUT2D eigenvalue weighted by molar-refractivity contribution is 5.97. The number of esters is 1. The number of imide groups is 1. The van der Waals surface area contributed by atoms with Crippen LogP contribution in [-0.2, 0) is 14.3 Å². The van der Waals surface area contributed by atoms with E-state index >= 15 is 0 Å². The maximum absolute atomic E-state index is 12.0. The molecule has 0 saturated heterocycles. The summed E-state index contributed by atoms with van der Waals surface area (Å²) in [5, 5.41) is 7.33. The van der Waals surface area contributed by atoms with E-state index in [2.05, 4.69) is 22.9 Å². The molecule has 2 rings (SSSR count). The normalized spacial score (nSPS) is 18.1. The highest BCUT2D eigenvalue weighted by Crippen LogP contribution is 2.23. The van der Waals surface area contributed by atoms with Gasteiger partial charge in [0.1, 0.15) is 12.3 Å². The SMILES string of the molecule is CCOc1ccc(C(=O)NCC(=O)OCC(=O)NC(=O)NC2CCCCC2C)cc1. The molecule has 1 aromatic rings. The second-order valence-electron chi connectivity index (χ2n) is 7.19. The van der Waals surface area contributed by atoms with Crippen LogP contribution in [0.15, 0.2) is 24.3 Å². The summed E-state index contributed by atoms with van der Waals surface area (Å²) in [4.78, 5) is 47.4. The first-order valence-corrected chi connectivity index (χ1v) is 10.2. The van der Waals surface area contributed by atoms with Gasteiger partial charge < -0.3 is 20.1 Å². The number of benzene rings is 1. The maximum Gasteiger partial charge on any atom is 0.325 e. The van der Waals surface area contributed by atoms with E-state index in [-0.39, 0.29) is 6.04 Å². The van der Waals surface area contributed by atoms with Crippen LogP contribution in [0.25, 0.3) is 0 Å². The fraction of sp³-hybridized carbons (Fsp3) is 0.524. The number of nitrogens with one attached hydrogen (secondary N) is 3. The molecule has 30 heavy (non-hydrogen) atoms. The van der Waals surface area contributed by atoms with Gasteiger partial charge in [-0.25, -0.2) is 4.79 Å². The van der Waals surface area contributed by atoms with E-state index in [1.54, 1.807) is 24.3 Å². The van der Waals surface area contributed by atoms with Crippen molar-refractivity contribution in [3.63, 3.8) is 0 Å². The van der Waals surface area contributed by atoms with E-state index in [0.717, 1.165) is 25.7 Å². The number of urea groups is 1. The zero-order valence-electron chi connectivity index (χ0n) is 17.4. The monoisotopic (exact) mass is 419 g/mol. The summed E-state index contributed by atoms with van der Waals surface area (Å²) < 4.78 is 10.1. The lowest BCUT2D eigenvalue weighted by molar-refractivity contribution is -0.147. The molecule has 9 heteroatoms. The van der Waals surface area contributed by atoms with E-state index < -0.39 is 37.0 Å². The lowest BCUT2D eigenvalue weighted by Crippen LogP contribution is -2.48. The van der Waals surface area contributed by atoms with E-state index in [4.69, 9.17) is 9.47 Å². The van der Waals surface area contributed by atoms with Crippen LogP contribution >= 0.6 is 0 Å². The molecule has 1 aliphatic carbocycles. The van der Waals surface area contributed by atoms with Crippen molar-refractivity contribution in [2.24, 2.45) is 5.92 Å². The first-order chi connectivity index (χ1) is 14.4. The number of carbonyl (C=O) groups is 4. The lowest BCUT2D eigenvalue weighted by atomic mass is 9.86. The summed E-state index contributed by atoms with van der Waals surface area (Å²) in [5.74, 6) is -0.980. The molecular weight excluding hydrogens is 390 g/mol. The molecule has 2 unspecified atom stereocenters. The highest BCUT2D eigenvalue weighted by Gasteiger charge is 2.23. The molecule has 0 aliphatic heterocycles. The summed E-state index contributed by atoms with van der Waals surface area (Å²) in [5.41, 5.74) is 0.359. The maximum atomic E-state index is 12.0. The van der Waals surface area contributed by atoms with E-state index in [0.29, 0.717) is 23.8 Å². The molecule has 0 aromatic heterocycles. The third-order valence-electron chi connectivity index (χ3n) is 4.87. The van der Waals surface area contributed by atoms with Crippen molar-refractivity contribution in [3.05, 3.63) is 29.8 Å². The summed E-state index contributed by atoms with van der Waals surface area (Å²) in [6.45, 7) is 3.44. The third kappa shape index (κ3) is 7.73. The second kappa shape index (κ2) is 11.8. The van der Waals surface area contributed by atoms with Crippen LogP contribution < -0.4 is 20.7 Å². The largest absolute Gasteiger partial charge is 0.494 e. The summed E-state index contributed by atoms with van der Waals surface area (Å²) >= 11 is 0. The number of ether oxygens (including phenoxy) is 2. The first-order valence-electron chi connectivity index (χ1n) is 10.2. The molecule has 4 amide bonds. The Hall–Kier alpha value is -3.10. The summed E-state index contributed by atoms with van der Waals surface area (Å²) in [6, 6.07) is 5.89. The average Bonchev–Trinajstić information content (AvgIpc) is 2.73. The molecule has 0 bridgehead atoms. The molecule has 9 nitrogen and oxygen atoms in total. The summed E-state index contributed by atoms with van der Waals surface area (Å²) in [6.07, 6.45) is 4.11. The highest BCUT2D eigenvalue weighted by atomic mass is 16.5. The predicted molar refractivity (Wildman–Crippen MR) is 109 cm³/mol. The van der Waals surface area contributed by atoms with Gasteiger partial charge in [0.05, 0.1) is 6.61 Å². The molecule has 0 spiro atoms. The van der Waals surface area contributed by atoms with Crippen molar-refractivity contribution >= 4 is 23.8 Å². The van der Waals surface area contributed by atoms with Crippen LogP contribution in [0.2, 0.25) is 0 Å².